The van der Waals surface area contributed by atoms with Crippen LogP contribution in [-0.2, 0) is 16.4 Å². The summed E-state index contributed by atoms with van der Waals surface area (Å²) in [6.45, 7) is 1.94. The average molecular weight is 267 g/mol. The highest BCUT2D eigenvalue weighted by Gasteiger charge is 2.15. The zero-order chi connectivity index (χ0) is 13.2. The number of nitrogen functional groups attached to an aromatic ring is 1. The minimum absolute atomic E-state index is 0.0396. The maximum absolute atomic E-state index is 12.0. The van der Waals surface area contributed by atoms with Gasteiger partial charge in [-0.15, -0.1) is 0 Å². The summed E-state index contributed by atoms with van der Waals surface area (Å²) in [5, 5.41) is 6.58. The van der Waals surface area contributed by atoms with Crippen molar-refractivity contribution in [1.82, 2.24) is 15.2 Å². The van der Waals surface area contributed by atoms with E-state index in [0.717, 1.165) is 12.1 Å². The number of pyridine rings is 1. The maximum Gasteiger partial charge on any atom is 0.264 e. The van der Waals surface area contributed by atoms with Crippen molar-refractivity contribution in [1.29, 1.82) is 0 Å². The molecule has 7 nitrogen and oxygen atoms in total. The molecule has 0 bridgehead atoms. The van der Waals surface area contributed by atoms with Crippen molar-refractivity contribution in [2.75, 3.05) is 10.5 Å². The molecule has 0 spiro atoms. The summed E-state index contributed by atoms with van der Waals surface area (Å²) in [5.74, 6) is 0.519. The van der Waals surface area contributed by atoms with Crippen LogP contribution in [0.1, 0.15) is 12.6 Å². The Morgan fingerprint density at radius 3 is 2.78 bits per heavy atom. The molecule has 0 aliphatic carbocycles. The zero-order valence-corrected chi connectivity index (χ0v) is 10.5. The van der Waals surface area contributed by atoms with Crippen LogP contribution in [-0.4, -0.2) is 23.6 Å². The highest BCUT2D eigenvalue weighted by Crippen LogP contribution is 2.14. The van der Waals surface area contributed by atoms with Crippen LogP contribution in [0.3, 0.4) is 0 Å². The van der Waals surface area contributed by atoms with Gasteiger partial charge >= 0.3 is 0 Å². The molecule has 2 aromatic rings. The Balaban J connectivity index is 2.24. The first kappa shape index (κ1) is 12.4. The molecule has 2 aromatic heterocycles. The largest absolute Gasteiger partial charge is 0.384 e. The third-order valence-electron chi connectivity index (χ3n) is 2.32. The van der Waals surface area contributed by atoms with Crippen LogP contribution in [0.4, 0.5) is 11.6 Å². The molecule has 0 radical (unpaired) electrons. The molecule has 2 rings (SSSR count). The van der Waals surface area contributed by atoms with Gasteiger partial charge in [0, 0.05) is 18.0 Å². The number of nitrogens with zero attached hydrogens (tertiary/aromatic N) is 2. The summed E-state index contributed by atoms with van der Waals surface area (Å²) in [7, 11) is -3.68. The van der Waals surface area contributed by atoms with Crippen LogP contribution in [0.2, 0.25) is 0 Å². The second-order valence-corrected chi connectivity index (χ2v) is 5.34. The fourth-order valence-electron chi connectivity index (χ4n) is 1.34. The van der Waals surface area contributed by atoms with Crippen LogP contribution >= 0.6 is 0 Å². The summed E-state index contributed by atoms with van der Waals surface area (Å²) < 4.78 is 26.3. The SMILES string of the molecule is CCc1cc(NS(=O)(=O)c2ccc(N)nc2)n[nH]1. The molecule has 96 valence electrons. The van der Waals surface area contributed by atoms with E-state index in [0.29, 0.717) is 0 Å². The number of anilines is 2. The molecule has 18 heavy (non-hydrogen) atoms. The Hall–Kier alpha value is -2.09. The van der Waals surface area contributed by atoms with Crippen LogP contribution in [0.15, 0.2) is 29.3 Å². The van der Waals surface area contributed by atoms with Crippen LogP contribution in [0.5, 0.6) is 0 Å². The third kappa shape index (κ3) is 2.59. The first-order chi connectivity index (χ1) is 8.51. The summed E-state index contributed by atoms with van der Waals surface area (Å²) in [6.07, 6.45) is 1.95. The smallest absolute Gasteiger partial charge is 0.264 e. The predicted octanol–water partition coefficient (Wildman–Crippen LogP) is 0.750. The highest BCUT2D eigenvalue weighted by molar-refractivity contribution is 7.92. The van der Waals surface area contributed by atoms with Crippen molar-refractivity contribution in [3.05, 3.63) is 30.1 Å². The Labute approximate surface area is 104 Å². The number of aromatic amines is 1. The van der Waals surface area contributed by atoms with E-state index in [1.54, 1.807) is 6.07 Å². The van der Waals surface area contributed by atoms with Gasteiger partial charge in [-0.2, -0.15) is 5.10 Å². The van der Waals surface area contributed by atoms with E-state index in [1.165, 1.54) is 18.3 Å². The molecule has 0 atom stereocenters. The third-order valence-corrected chi connectivity index (χ3v) is 3.66. The molecule has 0 saturated heterocycles. The molecular weight excluding hydrogens is 254 g/mol. The minimum atomic E-state index is -3.68. The Morgan fingerprint density at radius 2 is 2.22 bits per heavy atom. The quantitative estimate of drug-likeness (QED) is 0.756. The summed E-state index contributed by atoms with van der Waals surface area (Å²) in [6, 6.07) is 4.46. The molecule has 0 aliphatic rings. The second kappa shape index (κ2) is 4.65. The summed E-state index contributed by atoms with van der Waals surface area (Å²) in [4.78, 5) is 3.78. The molecule has 0 unspecified atom stereocenters. The molecule has 0 saturated carbocycles. The Kier molecular flexibility index (Phi) is 3.19. The van der Waals surface area contributed by atoms with E-state index in [1.807, 2.05) is 6.92 Å². The Morgan fingerprint density at radius 1 is 1.44 bits per heavy atom. The van der Waals surface area contributed by atoms with Crippen molar-refractivity contribution in [3.8, 4) is 0 Å². The fourth-order valence-corrected chi connectivity index (χ4v) is 2.28. The van der Waals surface area contributed by atoms with Crippen LogP contribution in [0.25, 0.3) is 0 Å². The van der Waals surface area contributed by atoms with Gasteiger partial charge in [-0.1, -0.05) is 6.92 Å². The summed E-state index contributed by atoms with van der Waals surface area (Å²) in [5.41, 5.74) is 6.25. The van der Waals surface area contributed by atoms with Crippen molar-refractivity contribution in [3.63, 3.8) is 0 Å². The number of nitrogens with two attached hydrogens (primary N) is 1. The lowest BCUT2D eigenvalue weighted by atomic mass is 10.3. The molecule has 0 aromatic carbocycles. The normalized spacial score (nSPS) is 11.4. The summed E-state index contributed by atoms with van der Waals surface area (Å²) >= 11 is 0. The molecule has 2 heterocycles. The highest BCUT2D eigenvalue weighted by atomic mass is 32.2. The van der Waals surface area contributed by atoms with Crippen molar-refractivity contribution in [2.45, 2.75) is 18.2 Å². The van der Waals surface area contributed by atoms with E-state index < -0.39 is 10.0 Å². The number of sulfonamides is 1. The lowest BCUT2D eigenvalue weighted by Gasteiger charge is -2.04. The van der Waals surface area contributed by atoms with Crippen molar-refractivity contribution >= 4 is 21.7 Å². The molecule has 4 N–H and O–H groups in total. The lowest BCUT2D eigenvalue weighted by molar-refractivity contribution is 0.600. The van der Waals surface area contributed by atoms with Gasteiger partial charge in [-0.25, -0.2) is 13.4 Å². The van der Waals surface area contributed by atoms with Gasteiger partial charge < -0.3 is 5.73 Å². The second-order valence-electron chi connectivity index (χ2n) is 3.66. The number of nitrogens with one attached hydrogen (secondary N) is 2. The van der Waals surface area contributed by atoms with Crippen molar-refractivity contribution < 1.29 is 8.42 Å². The zero-order valence-electron chi connectivity index (χ0n) is 9.71. The van der Waals surface area contributed by atoms with Gasteiger partial charge in [0.15, 0.2) is 5.82 Å². The minimum Gasteiger partial charge on any atom is -0.384 e. The number of hydrogen-bond acceptors (Lipinski definition) is 5. The van der Waals surface area contributed by atoms with Gasteiger partial charge in [0.2, 0.25) is 0 Å². The first-order valence-electron chi connectivity index (χ1n) is 5.30. The van der Waals surface area contributed by atoms with Crippen LogP contribution in [0, 0.1) is 0 Å². The number of rotatable bonds is 4. The number of H-pyrrole nitrogens is 1. The van der Waals surface area contributed by atoms with Crippen molar-refractivity contribution in [2.24, 2.45) is 0 Å². The monoisotopic (exact) mass is 267 g/mol. The standard InChI is InChI=1S/C10H13N5O2S/c1-2-7-5-10(14-13-7)15-18(16,17)8-3-4-9(11)12-6-8/h3-6H,2H2,1H3,(H2,11,12)(H2,13,14,15). The van der Waals surface area contributed by atoms with Gasteiger partial charge in [0.25, 0.3) is 10.0 Å². The molecule has 0 amide bonds. The van der Waals surface area contributed by atoms with E-state index >= 15 is 0 Å². The number of aryl methyl sites for hydroxylation is 1. The van der Waals surface area contributed by atoms with E-state index in [9.17, 15) is 8.42 Å². The van der Waals surface area contributed by atoms with E-state index in [4.69, 9.17) is 5.73 Å². The number of aromatic nitrogens is 3. The maximum atomic E-state index is 12.0. The molecule has 0 fully saturated rings. The topological polar surface area (TPSA) is 114 Å². The van der Waals surface area contributed by atoms with Gasteiger partial charge in [-0.05, 0) is 18.6 Å². The fraction of sp³-hybridized carbons (Fsp3) is 0.200. The van der Waals surface area contributed by atoms with Crippen LogP contribution < -0.4 is 10.5 Å². The predicted molar refractivity (Wildman–Crippen MR) is 67.4 cm³/mol. The van der Waals surface area contributed by atoms with Gasteiger partial charge in [0.05, 0.1) is 0 Å². The number of hydrogen-bond donors (Lipinski definition) is 3. The Bertz CT molecular complexity index is 633. The van der Waals surface area contributed by atoms with E-state index in [-0.39, 0.29) is 16.5 Å². The first-order valence-corrected chi connectivity index (χ1v) is 6.78. The van der Waals surface area contributed by atoms with Gasteiger partial charge in [-0.3, -0.25) is 9.82 Å². The average Bonchev–Trinajstić information content (AvgIpc) is 2.76. The van der Waals surface area contributed by atoms with Gasteiger partial charge in [0.1, 0.15) is 10.7 Å². The lowest BCUT2D eigenvalue weighted by Crippen LogP contribution is -2.13. The molecule has 0 aliphatic heterocycles. The van der Waals surface area contributed by atoms with E-state index in [2.05, 4.69) is 19.9 Å². The molecule has 8 heteroatoms. The molecular formula is C10H13N5O2S.